The molecule has 0 aliphatic carbocycles. The van der Waals surface area contributed by atoms with Crippen LogP contribution in [0.2, 0.25) is 0 Å². The number of hydrogen-bond acceptors (Lipinski definition) is 4. The fourth-order valence-corrected chi connectivity index (χ4v) is 1.70. The second kappa shape index (κ2) is 6.83. The van der Waals surface area contributed by atoms with Crippen molar-refractivity contribution in [2.45, 2.75) is 32.3 Å². The molecule has 0 radical (unpaired) electrons. The molecule has 0 saturated carbocycles. The third kappa shape index (κ3) is 5.63. The molecule has 0 aliphatic heterocycles. The minimum absolute atomic E-state index is 0.149. The molecular formula is C15H18N2O3. The molecule has 0 heterocycles. The van der Waals surface area contributed by atoms with E-state index < -0.39 is 23.2 Å². The monoisotopic (exact) mass is 274 g/mol. The Bertz CT molecular complexity index is 512. The van der Waals surface area contributed by atoms with E-state index in [-0.39, 0.29) is 12.8 Å². The van der Waals surface area contributed by atoms with Gasteiger partial charge in [-0.15, -0.1) is 0 Å². The molecule has 1 unspecified atom stereocenters. The molecule has 5 nitrogen and oxygen atoms in total. The molecule has 1 amide bonds. The molecule has 2 N–H and O–H groups in total. The van der Waals surface area contributed by atoms with E-state index in [1.165, 1.54) is 13.8 Å². The summed E-state index contributed by atoms with van der Waals surface area (Å²) < 4.78 is 0. The van der Waals surface area contributed by atoms with Crippen LogP contribution in [0.1, 0.15) is 26.7 Å². The molecular weight excluding hydrogens is 256 g/mol. The van der Waals surface area contributed by atoms with Crippen LogP contribution in [0.4, 0.5) is 5.69 Å². The van der Waals surface area contributed by atoms with Gasteiger partial charge in [0.25, 0.3) is 0 Å². The maximum Gasteiger partial charge on any atom is 0.226 e. The number of nitriles is 1. The van der Waals surface area contributed by atoms with Crippen LogP contribution in [0, 0.1) is 17.2 Å². The molecule has 1 aromatic carbocycles. The Morgan fingerprint density at radius 2 is 1.95 bits per heavy atom. The molecule has 1 aromatic rings. The van der Waals surface area contributed by atoms with Crippen molar-refractivity contribution >= 4 is 17.4 Å². The van der Waals surface area contributed by atoms with Gasteiger partial charge in [-0.05, 0) is 26.0 Å². The predicted octanol–water partition coefficient (Wildman–Crippen LogP) is 1.89. The average molecular weight is 274 g/mol. The first-order valence-corrected chi connectivity index (χ1v) is 6.31. The Morgan fingerprint density at radius 3 is 2.45 bits per heavy atom. The molecule has 1 atom stereocenters. The van der Waals surface area contributed by atoms with Gasteiger partial charge in [0.05, 0.1) is 11.7 Å². The van der Waals surface area contributed by atoms with Crippen LogP contribution >= 0.6 is 0 Å². The van der Waals surface area contributed by atoms with Gasteiger partial charge in [0, 0.05) is 18.5 Å². The van der Waals surface area contributed by atoms with Crippen LogP contribution in [-0.2, 0) is 9.59 Å². The number of para-hydroxylation sites is 1. The quantitative estimate of drug-likeness (QED) is 0.828. The third-order valence-electron chi connectivity index (χ3n) is 2.60. The fraction of sp³-hybridized carbons (Fsp3) is 0.400. The number of carbonyl (C=O) groups is 2. The van der Waals surface area contributed by atoms with Crippen LogP contribution in [0.25, 0.3) is 0 Å². The molecule has 20 heavy (non-hydrogen) atoms. The van der Waals surface area contributed by atoms with Crippen molar-refractivity contribution in [2.24, 2.45) is 5.92 Å². The van der Waals surface area contributed by atoms with Crippen molar-refractivity contribution in [1.29, 1.82) is 5.26 Å². The van der Waals surface area contributed by atoms with E-state index in [0.29, 0.717) is 5.69 Å². The Hall–Kier alpha value is -2.19. The summed E-state index contributed by atoms with van der Waals surface area (Å²) >= 11 is 0. The van der Waals surface area contributed by atoms with Crippen LogP contribution in [0.5, 0.6) is 0 Å². The van der Waals surface area contributed by atoms with Crippen LogP contribution < -0.4 is 5.32 Å². The number of ketones is 1. The average Bonchev–Trinajstić information content (AvgIpc) is 2.35. The first-order valence-electron chi connectivity index (χ1n) is 6.31. The second-order valence-corrected chi connectivity index (χ2v) is 5.26. The molecule has 0 spiro atoms. The summed E-state index contributed by atoms with van der Waals surface area (Å²) in [6, 6.07) is 10.6. The molecule has 0 fully saturated rings. The van der Waals surface area contributed by atoms with Gasteiger partial charge in [-0.2, -0.15) is 5.26 Å². The van der Waals surface area contributed by atoms with Gasteiger partial charge in [-0.25, -0.2) is 0 Å². The lowest BCUT2D eigenvalue weighted by Gasteiger charge is -2.17. The first kappa shape index (κ1) is 15.9. The summed E-state index contributed by atoms with van der Waals surface area (Å²) in [7, 11) is 0. The lowest BCUT2D eigenvalue weighted by Crippen LogP contribution is -2.29. The number of Topliss-reactive ketones (excluding diaryl/α,β-unsaturated/α-hetero) is 1. The summed E-state index contributed by atoms with van der Waals surface area (Å²) in [5.41, 5.74) is -0.564. The summed E-state index contributed by atoms with van der Waals surface area (Å²) in [5, 5.41) is 21.2. The van der Waals surface area contributed by atoms with E-state index in [2.05, 4.69) is 5.32 Å². The van der Waals surface area contributed by atoms with Gasteiger partial charge >= 0.3 is 0 Å². The number of nitrogens with one attached hydrogen (secondary N) is 1. The maximum atomic E-state index is 11.8. The van der Waals surface area contributed by atoms with Crippen LogP contribution in [0.3, 0.4) is 0 Å². The summed E-state index contributed by atoms with van der Waals surface area (Å²) in [5.74, 6) is -1.86. The molecule has 0 aromatic heterocycles. The van der Waals surface area contributed by atoms with Crippen molar-refractivity contribution in [3.05, 3.63) is 30.3 Å². The number of rotatable bonds is 6. The lowest BCUT2D eigenvalue weighted by atomic mass is 9.92. The van der Waals surface area contributed by atoms with Crippen LogP contribution in [0.15, 0.2) is 30.3 Å². The SMILES string of the molecule is CC(C)(O)CC(=O)C(C#N)CC(=O)Nc1ccccc1. The number of aliphatic hydroxyl groups is 1. The molecule has 0 saturated heterocycles. The van der Waals surface area contributed by atoms with Gasteiger partial charge in [-0.1, -0.05) is 18.2 Å². The number of benzene rings is 1. The minimum atomic E-state index is -1.18. The van der Waals surface area contributed by atoms with E-state index in [1.54, 1.807) is 24.3 Å². The topological polar surface area (TPSA) is 90.2 Å². The molecule has 1 rings (SSSR count). The predicted molar refractivity (Wildman–Crippen MR) is 74.7 cm³/mol. The number of anilines is 1. The minimum Gasteiger partial charge on any atom is -0.390 e. The van der Waals surface area contributed by atoms with E-state index in [0.717, 1.165) is 0 Å². The Morgan fingerprint density at radius 1 is 1.35 bits per heavy atom. The summed E-state index contributed by atoms with van der Waals surface area (Å²) in [4.78, 5) is 23.6. The zero-order chi connectivity index (χ0) is 15.2. The highest BCUT2D eigenvalue weighted by Crippen LogP contribution is 2.15. The van der Waals surface area contributed by atoms with Gasteiger partial charge in [0.15, 0.2) is 5.78 Å². The number of amides is 1. The Balaban J connectivity index is 2.59. The lowest BCUT2D eigenvalue weighted by molar-refractivity contribution is -0.128. The molecule has 106 valence electrons. The van der Waals surface area contributed by atoms with Crippen molar-refractivity contribution < 1.29 is 14.7 Å². The molecule has 0 bridgehead atoms. The maximum absolute atomic E-state index is 11.8. The fourth-order valence-electron chi connectivity index (χ4n) is 1.70. The van der Waals surface area contributed by atoms with E-state index in [4.69, 9.17) is 5.26 Å². The smallest absolute Gasteiger partial charge is 0.226 e. The van der Waals surface area contributed by atoms with E-state index >= 15 is 0 Å². The number of carbonyl (C=O) groups excluding carboxylic acids is 2. The molecule has 0 aliphatic rings. The van der Waals surface area contributed by atoms with Crippen molar-refractivity contribution in [1.82, 2.24) is 0 Å². The number of nitrogens with zero attached hydrogens (tertiary/aromatic N) is 1. The first-order chi connectivity index (χ1) is 9.31. The van der Waals surface area contributed by atoms with Gasteiger partial charge in [-0.3, -0.25) is 9.59 Å². The third-order valence-corrected chi connectivity index (χ3v) is 2.60. The molecule has 5 heteroatoms. The number of hydrogen-bond donors (Lipinski definition) is 2. The van der Waals surface area contributed by atoms with Crippen molar-refractivity contribution in [3.8, 4) is 6.07 Å². The standard InChI is InChI=1S/C15H18N2O3/c1-15(2,20)9-13(18)11(10-16)8-14(19)17-12-6-4-3-5-7-12/h3-7,11,20H,8-9H2,1-2H3,(H,17,19). The van der Waals surface area contributed by atoms with Crippen LogP contribution in [-0.4, -0.2) is 22.4 Å². The second-order valence-electron chi connectivity index (χ2n) is 5.26. The largest absolute Gasteiger partial charge is 0.390 e. The highest BCUT2D eigenvalue weighted by molar-refractivity contribution is 5.95. The Kier molecular flexibility index (Phi) is 5.42. The highest BCUT2D eigenvalue weighted by atomic mass is 16.3. The van der Waals surface area contributed by atoms with E-state index in [1.807, 2.05) is 12.1 Å². The van der Waals surface area contributed by atoms with Crippen molar-refractivity contribution in [2.75, 3.05) is 5.32 Å². The highest BCUT2D eigenvalue weighted by Gasteiger charge is 2.26. The van der Waals surface area contributed by atoms with Gasteiger partial charge in [0.2, 0.25) is 5.91 Å². The summed E-state index contributed by atoms with van der Waals surface area (Å²) in [6.07, 6.45) is -0.357. The normalized spacial score (nSPS) is 12.3. The zero-order valence-electron chi connectivity index (χ0n) is 11.6. The Labute approximate surface area is 118 Å². The van der Waals surface area contributed by atoms with Crippen molar-refractivity contribution in [3.63, 3.8) is 0 Å². The van der Waals surface area contributed by atoms with E-state index in [9.17, 15) is 14.7 Å². The zero-order valence-corrected chi connectivity index (χ0v) is 11.6. The van der Waals surface area contributed by atoms with Gasteiger partial charge in [0.1, 0.15) is 5.92 Å². The summed E-state index contributed by atoms with van der Waals surface area (Å²) in [6.45, 7) is 2.98. The van der Waals surface area contributed by atoms with Gasteiger partial charge < -0.3 is 10.4 Å².